The van der Waals surface area contributed by atoms with Crippen molar-refractivity contribution in [3.63, 3.8) is 0 Å². The number of ether oxygens (including phenoxy) is 2. The van der Waals surface area contributed by atoms with E-state index in [9.17, 15) is 24.5 Å². The number of nitro benzene ring substituents is 1. The molecule has 0 unspecified atom stereocenters. The van der Waals surface area contributed by atoms with Crippen molar-refractivity contribution >= 4 is 41.0 Å². The lowest BCUT2D eigenvalue weighted by Gasteiger charge is -2.10. The lowest BCUT2D eigenvalue weighted by atomic mass is 10.1. The predicted molar refractivity (Wildman–Crippen MR) is 102 cm³/mol. The Labute approximate surface area is 164 Å². The summed E-state index contributed by atoms with van der Waals surface area (Å²) in [5.41, 5.74) is 0.0463. The summed E-state index contributed by atoms with van der Waals surface area (Å²) in [5, 5.41) is 13.7. The third-order valence-electron chi connectivity index (χ3n) is 3.67. The Kier molecular flexibility index (Phi) is 6.72. The van der Waals surface area contributed by atoms with Gasteiger partial charge in [0.1, 0.15) is 0 Å². The molecule has 0 saturated heterocycles. The van der Waals surface area contributed by atoms with E-state index in [1.165, 1.54) is 56.3 Å². The Balaban J connectivity index is 2.40. The number of nitrogens with one attached hydrogen (secondary N) is 1. The summed E-state index contributed by atoms with van der Waals surface area (Å²) in [6.07, 6.45) is 1.69. The van der Waals surface area contributed by atoms with E-state index in [1.54, 1.807) is 6.26 Å². The highest BCUT2D eigenvalue weighted by atomic mass is 32.2. The summed E-state index contributed by atoms with van der Waals surface area (Å²) in [5.74, 6) is -2.06. The standard InChI is InChI=1S/C18H16N2O7S/c1-26-17(22)11-6-12(18(23)27-2)8-13(7-11)19-16(21)10-4-5-15(28-3)14(9-10)20(24)25/h4-9H,1-3H3,(H,19,21). The quantitative estimate of drug-likeness (QED) is 0.337. The van der Waals surface area contributed by atoms with E-state index < -0.39 is 22.8 Å². The smallest absolute Gasteiger partial charge is 0.337 e. The average Bonchev–Trinajstić information content (AvgIpc) is 2.71. The maximum Gasteiger partial charge on any atom is 0.337 e. The van der Waals surface area contributed by atoms with E-state index in [1.807, 2.05) is 0 Å². The molecular formula is C18H16N2O7S. The van der Waals surface area contributed by atoms with Gasteiger partial charge in [-0.05, 0) is 36.6 Å². The average molecular weight is 404 g/mol. The fourth-order valence-electron chi connectivity index (χ4n) is 2.35. The molecule has 0 spiro atoms. The molecule has 0 aliphatic heterocycles. The van der Waals surface area contributed by atoms with Gasteiger partial charge in [-0.1, -0.05) is 0 Å². The van der Waals surface area contributed by atoms with Gasteiger partial charge in [-0.3, -0.25) is 14.9 Å². The van der Waals surface area contributed by atoms with Crippen molar-refractivity contribution in [2.75, 3.05) is 25.8 Å². The van der Waals surface area contributed by atoms with Gasteiger partial charge < -0.3 is 14.8 Å². The minimum absolute atomic E-state index is 0.0319. The van der Waals surface area contributed by atoms with Crippen LogP contribution in [0.25, 0.3) is 0 Å². The molecule has 146 valence electrons. The molecule has 2 aromatic rings. The highest BCUT2D eigenvalue weighted by Gasteiger charge is 2.19. The lowest BCUT2D eigenvalue weighted by Crippen LogP contribution is -2.14. The molecule has 2 aromatic carbocycles. The normalized spacial score (nSPS) is 10.1. The van der Waals surface area contributed by atoms with Crippen LogP contribution in [-0.2, 0) is 9.47 Å². The van der Waals surface area contributed by atoms with Crippen LogP contribution in [0.2, 0.25) is 0 Å². The largest absolute Gasteiger partial charge is 0.465 e. The predicted octanol–water partition coefficient (Wildman–Crippen LogP) is 3.14. The fraction of sp³-hybridized carbons (Fsp3) is 0.167. The summed E-state index contributed by atoms with van der Waals surface area (Å²) in [6.45, 7) is 0. The number of esters is 2. The number of amides is 1. The molecule has 28 heavy (non-hydrogen) atoms. The Morgan fingerprint density at radius 2 is 1.54 bits per heavy atom. The van der Waals surface area contributed by atoms with Gasteiger partial charge in [-0.2, -0.15) is 0 Å². The number of rotatable bonds is 6. The number of nitro groups is 1. The van der Waals surface area contributed by atoms with Crippen molar-refractivity contribution in [3.8, 4) is 0 Å². The minimum Gasteiger partial charge on any atom is -0.465 e. The van der Waals surface area contributed by atoms with Crippen molar-refractivity contribution < 1.29 is 28.8 Å². The molecule has 9 nitrogen and oxygen atoms in total. The topological polar surface area (TPSA) is 125 Å². The number of benzene rings is 2. The van der Waals surface area contributed by atoms with Gasteiger partial charge in [0.15, 0.2) is 0 Å². The highest BCUT2D eigenvalue weighted by molar-refractivity contribution is 7.98. The Morgan fingerprint density at radius 1 is 0.964 bits per heavy atom. The van der Waals surface area contributed by atoms with Gasteiger partial charge in [0.05, 0.1) is 35.2 Å². The van der Waals surface area contributed by atoms with Crippen LogP contribution in [0.3, 0.4) is 0 Å². The van der Waals surface area contributed by atoms with Crippen LogP contribution in [0, 0.1) is 10.1 Å². The first-order valence-electron chi connectivity index (χ1n) is 7.76. The van der Waals surface area contributed by atoms with Crippen molar-refractivity contribution in [1.29, 1.82) is 0 Å². The molecule has 0 aromatic heterocycles. The number of thioether (sulfide) groups is 1. The van der Waals surface area contributed by atoms with Crippen molar-refractivity contribution in [1.82, 2.24) is 0 Å². The first-order chi connectivity index (χ1) is 13.3. The lowest BCUT2D eigenvalue weighted by molar-refractivity contribution is -0.387. The van der Waals surface area contributed by atoms with Gasteiger partial charge in [0.2, 0.25) is 0 Å². The Morgan fingerprint density at radius 3 is 2.00 bits per heavy atom. The SMILES string of the molecule is COC(=O)c1cc(NC(=O)c2ccc(SC)c([N+](=O)[O-])c2)cc(C(=O)OC)c1. The van der Waals surface area contributed by atoms with Crippen LogP contribution in [-0.4, -0.2) is 43.2 Å². The third kappa shape index (κ3) is 4.65. The number of carbonyl (C=O) groups excluding carboxylic acids is 3. The molecule has 0 saturated carbocycles. The van der Waals surface area contributed by atoms with E-state index >= 15 is 0 Å². The zero-order valence-electron chi connectivity index (χ0n) is 15.2. The first kappa shape index (κ1) is 20.9. The van der Waals surface area contributed by atoms with Gasteiger partial charge in [-0.15, -0.1) is 11.8 Å². The molecule has 0 aliphatic rings. The van der Waals surface area contributed by atoms with Gasteiger partial charge in [-0.25, -0.2) is 9.59 Å². The Bertz CT molecular complexity index is 925. The maximum absolute atomic E-state index is 12.5. The molecule has 2 rings (SSSR count). The molecule has 1 amide bonds. The van der Waals surface area contributed by atoms with Crippen LogP contribution < -0.4 is 5.32 Å². The molecule has 0 atom stereocenters. The Hall–Kier alpha value is -3.40. The molecule has 0 heterocycles. The summed E-state index contributed by atoms with van der Waals surface area (Å²) in [6, 6.07) is 7.99. The summed E-state index contributed by atoms with van der Waals surface area (Å²) in [7, 11) is 2.36. The number of nitrogens with zero attached hydrogens (tertiary/aromatic N) is 1. The van der Waals surface area contributed by atoms with Crippen molar-refractivity contribution in [2.45, 2.75) is 4.90 Å². The van der Waals surface area contributed by atoms with Crippen LogP contribution in [0.5, 0.6) is 0 Å². The van der Waals surface area contributed by atoms with Crippen LogP contribution in [0.4, 0.5) is 11.4 Å². The van der Waals surface area contributed by atoms with E-state index in [0.717, 1.165) is 6.07 Å². The molecule has 0 bridgehead atoms. The first-order valence-corrected chi connectivity index (χ1v) is 8.98. The van der Waals surface area contributed by atoms with E-state index in [-0.39, 0.29) is 28.1 Å². The molecule has 1 N–H and O–H groups in total. The molecule has 0 radical (unpaired) electrons. The van der Waals surface area contributed by atoms with Gasteiger partial charge >= 0.3 is 11.9 Å². The number of methoxy groups -OCH3 is 2. The highest BCUT2D eigenvalue weighted by Crippen LogP contribution is 2.28. The molecule has 0 aliphatic carbocycles. The van der Waals surface area contributed by atoms with Crippen LogP contribution >= 0.6 is 11.8 Å². The molecule has 10 heteroatoms. The summed E-state index contributed by atoms with van der Waals surface area (Å²) >= 11 is 1.19. The summed E-state index contributed by atoms with van der Waals surface area (Å²) in [4.78, 5) is 47.2. The zero-order chi connectivity index (χ0) is 20.8. The van der Waals surface area contributed by atoms with Crippen molar-refractivity contribution in [3.05, 3.63) is 63.2 Å². The van der Waals surface area contributed by atoms with Crippen molar-refractivity contribution in [2.24, 2.45) is 0 Å². The van der Waals surface area contributed by atoms with Crippen LogP contribution in [0.1, 0.15) is 31.1 Å². The number of carbonyl (C=O) groups is 3. The number of anilines is 1. The van der Waals surface area contributed by atoms with Gasteiger partial charge in [0, 0.05) is 17.3 Å². The van der Waals surface area contributed by atoms with E-state index in [4.69, 9.17) is 0 Å². The molecular weight excluding hydrogens is 388 g/mol. The van der Waals surface area contributed by atoms with E-state index in [2.05, 4.69) is 14.8 Å². The van der Waals surface area contributed by atoms with Crippen LogP contribution in [0.15, 0.2) is 41.3 Å². The number of hydrogen-bond donors (Lipinski definition) is 1. The fourth-order valence-corrected chi connectivity index (χ4v) is 2.90. The number of hydrogen-bond acceptors (Lipinski definition) is 8. The second-order valence-electron chi connectivity index (χ2n) is 5.38. The monoisotopic (exact) mass is 404 g/mol. The third-order valence-corrected chi connectivity index (χ3v) is 4.46. The van der Waals surface area contributed by atoms with Gasteiger partial charge in [0.25, 0.3) is 11.6 Å². The summed E-state index contributed by atoms with van der Waals surface area (Å²) < 4.78 is 9.27. The minimum atomic E-state index is -0.707. The zero-order valence-corrected chi connectivity index (χ0v) is 16.0. The second kappa shape index (κ2) is 9.00. The van der Waals surface area contributed by atoms with E-state index in [0.29, 0.717) is 4.90 Å². The molecule has 0 fully saturated rings. The maximum atomic E-state index is 12.5. The second-order valence-corrected chi connectivity index (χ2v) is 6.23.